The third kappa shape index (κ3) is 3.26. The molecule has 26 heavy (non-hydrogen) atoms. The van der Waals surface area contributed by atoms with Crippen molar-refractivity contribution in [2.24, 2.45) is 0 Å². The summed E-state index contributed by atoms with van der Waals surface area (Å²) in [4.78, 5) is 23.5. The Kier molecular flexibility index (Phi) is 4.08. The Bertz CT molecular complexity index is 1070. The number of benzene rings is 1. The molecule has 0 fully saturated rings. The highest BCUT2D eigenvalue weighted by molar-refractivity contribution is 5.89. The Hall–Kier alpha value is -3.28. The van der Waals surface area contributed by atoms with Crippen molar-refractivity contribution in [3.8, 4) is 0 Å². The number of ether oxygens (including phenoxy) is 1. The van der Waals surface area contributed by atoms with E-state index in [-0.39, 0.29) is 6.61 Å². The summed E-state index contributed by atoms with van der Waals surface area (Å²) in [5.74, 6) is 1.53. The zero-order valence-electron chi connectivity index (χ0n) is 14.2. The Morgan fingerprint density at radius 3 is 2.96 bits per heavy atom. The highest BCUT2D eigenvalue weighted by Gasteiger charge is 2.13. The lowest BCUT2D eigenvalue weighted by molar-refractivity contribution is 0.145. The monoisotopic (exact) mass is 351 g/mol. The molecule has 1 aliphatic carbocycles. The molecule has 6 nitrogen and oxygen atoms in total. The molecular weight excluding hydrogens is 334 g/mol. The van der Waals surface area contributed by atoms with Gasteiger partial charge >= 0.3 is 11.7 Å². The van der Waals surface area contributed by atoms with Gasteiger partial charge in [0.25, 0.3) is 0 Å². The van der Waals surface area contributed by atoms with Crippen LogP contribution in [0.4, 0.5) is 10.5 Å². The van der Waals surface area contributed by atoms with Gasteiger partial charge in [0.1, 0.15) is 17.1 Å². The average molecular weight is 351 g/mol. The van der Waals surface area contributed by atoms with Crippen LogP contribution >= 0.6 is 0 Å². The van der Waals surface area contributed by atoms with E-state index < -0.39 is 11.7 Å². The van der Waals surface area contributed by atoms with E-state index in [4.69, 9.17) is 13.6 Å². The van der Waals surface area contributed by atoms with Gasteiger partial charge in [0.2, 0.25) is 0 Å². The number of carbonyl (C=O) groups is 1. The molecule has 1 amide bonds. The normalized spacial score (nSPS) is 12.8. The first-order chi connectivity index (χ1) is 12.6. The number of rotatable bonds is 3. The van der Waals surface area contributed by atoms with E-state index in [0.29, 0.717) is 17.0 Å². The van der Waals surface area contributed by atoms with Crippen molar-refractivity contribution in [2.75, 3.05) is 5.32 Å². The SMILES string of the molecule is Cc1cc(=O)oc2cc(NC(=O)OCc3cc4c(o3)CCC=C4)ccc12. The topological polar surface area (TPSA) is 81.7 Å². The lowest BCUT2D eigenvalue weighted by Gasteiger charge is -2.07. The Balaban J connectivity index is 1.43. The quantitative estimate of drug-likeness (QED) is 0.707. The van der Waals surface area contributed by atoms with Crippen LogP contribution in [0.1, 0.15) is 29.1 Å². The van der Waals surface area contributed by atoms with E-state index in [1.807, 2.05) is 19.1 Å². The number of carbonyl (C=O) groups excluding carboxylic acids is 1. The first-order valence-corrected chi connectivity index (χ1v) is 8.35. The van der Waals surface area contributed by atoms with Crippen molar-refractivity contribution in [3.05, 3.63) is 69.5 Å². The molecule has 6 heteroatoms. The van der Waals surface area contributed by atoms with Crippen molar-refractivity contribution in [1.82, 2.24) is 0 Å². The summed E-state index contributed by atoms with van der Waals surface area (Å²) in [6, 6.07) is 8.43. The van der Waals surface area contributed by atoms with Crippen LogP contribution in [0.25, 0.3) is 17.0 Å². The van der Waals surface area contributed by atoms with Gasteiger partial charge in [0.05, 0.1) is 0 Å². The molecule has 2 aromatic heterocycles. The molecule has 0 bridgehead atoms. The lowest BCUT2D eigenvalue weighted by Crippen LogP contribution is -2.13. The molecule has 0 unspecified atom stereocenters. The summed E-state index contributed by atoms with van der Waals surface area (Å²) in [5.41, 5.74) is 2.33. The molecule has 1 aromatic carbocycles. The van der Waals surface area contributed by atoms with Gasteiger partial charge < -0.3 is 13.6 Å². The smallest absolute Gasteiger partial charge is 0.412 e. The predicted octanol–water partition coefficient (Wildman–Crippen LogP) is 4.40. The van der Waals surface area contributed by atoms with Crippen molar-refractivity contribution in [1.29, 1.82) is 0 Å². The van der Waals surface area contributed by atoms with Gasteiger partial charge in [-0.15, -0.1) is 0 Å². The van der Waals surface area contributed by atoms with Crippen LogP contribution in [-0.2, 0) is 17.8 Å². The van der Waals surface area contributed by atoms with Gasteiger partial charge in [-0.05, 0) is 37.1 Å². The summed E-state index contributed by atoms with van der Waals surface area (Å²) in [7, 11) is 0. The number of anilines is 1. The number of amides is 1. The fourth-order valence-electron chi connectivity index (χ4n) is 3.03. The van der Waals surface area contributed by atoms with Crippen LogP contribution in [0.15, 0.2) is 50.0 Å². The Morgan fingerprint density at radius 2 is 2.12 bits per heavy atom. The summed E-state index contributed by atoms with van der Waals surface area (Å²) >= 11 is 0. The molecule has 0 saturated carbocycles. The van der Waals surface area contributed by atoms with Crippen molar-refractivity contribution in [3.63, 3.8) is 0 Å². The second-order valence-electron chi connectivity index (χ2n) is 6.19. The maximum atomic E-state index is 12.0. The maximum Gasteiger partial charge on any atom is 0.412 e. The molecule has 0 radical (unpaired) electrons. The second kappa shape index (κ2) is 6.55. The first kappa shape index (κ1) is 16.2. The van der Waals surface area contributed by atoms with Crippen LogP contribution in [-0.4, -0.2) is 6.09 Å². The van der Waals surface area contributed by atoms with E-state index >= 15 is 0 Å². The molecule has 132 valence electrons. The maximum absolute atomic E-state index is 12.0. The minimum absolute atomic E-state index is 0.0500. The fourth-order valence-corrected chi connectivity index (χ4v) is 3.03. The molecule has 1 N–H and O–H groups in total. The molecule has 2 heterocycles. The van der Waals surface area contributed by atoms with Crippen LogP contribution in [0.5, 0.6) is 0 Å². The Labute approximate surface area is 149 Å². The van der Waals surface area contributed by atoms with Crippen LogP contribution in [0.2, 0.25) is 0 Å². The highest BCUT2D eigenvalue weighted by Crippen LogP contribution is 2.24. The minimum atomic E-state index is -0.607. The zero-order valence-corrected chi connectivity index (χ0v) is 14.2. The lowest BCUT2D eigenvalue weighted by atomic mass is 10.1. The Morgan fingerprint density at radius 1 is 1.23 bits per heavy atom. The zero-order chi connectivity index (χ0) is 18.1. The number of allylic oxidation sites excluding steroid dienone is 1. The van der Waals surface area contributed by atoms with E-state index in [9.17, 15) is 9.59 Å². The highest BCUT2D eigenvalue weighted by atomic mass is 16.6. The van der Waals surface area contributed by atoms with E-state index in [1.54, 1.807) is 18.2 Å². The van der Waals surface area contributed by atoms with E-state index in [0.717, 1.165) is 35.1 Å². The molecular formula is C20H17NO5. The molecule has 3 aromatic rings. The van der Waals surface area contributed by atoms with Crippen LogP contribution < -0.4 is 10.9 Å². The minimum Gasteiger partial charge on any atom is -0.462 e. The molecule has 0 spiro atoms. The van der Waals surface area contributed by atoms with Gasteiger partial charge in [-0.2, -0.15) is 0 Å². The van der Waals surface area contributed by atoms with Crippen LogP contribution in [0, 0.1) is 6.92 Å². The van der Waals surface area contributed by atoms with Crippen LogP contribution in [0.3, 0.4) is 0 Å². The molecule has 0 atom stereocenters. The summed E-state index contributed by atoms with van der Waals surface area (Å²) in [6.45, 7) is 1.88. The molecule has 1 aliphatic rings. The van der Waals surface area contributed by atoms with E-state index in [2.05, 4.69) is 11.4 Å². The third-order valence-electron chi connectivity index (χ3n) is 4.27. The fraction of sp³-hybridized carbons (Fsp3) is 0.200. The summed E-state index contributed by atoms with van der Waals surface area (Å²) < 4.78 is 16.1. The molecule has 4 rings (SSSR count). The number of nitrogens with one attached hydrogen (secondary N) is 1. The number of aryl methyl sites for hydroxylation is 2. The second-order valence-corrected chi connectivity index (χ2v) is 6.19. The van der Waals surface area contributed by atoms with E-state index in [1.165, 1.54) is 6.07 Å². The number of hydrogen-bond acceptors (Lipinski definition) is 5. The average Bonchev–Trinajstić information content (AvgIpc) is 3.02. The standard InChI is InChI=1S/C20H17NO5/c1-12-8-19(22)26-18-10-14(6-7-16(12)18)21-20(23)24-11-15-9-13-4-2-3-5-17(13)25-15/h2,4,6-10H,3,5,11H2,1H3,(H,21,23). The number of fused-ring (bicyclic) bond motifs is 2. The van der Waals surface area contributed by atoms with Crippen molar-refractivity contribution >= 4 is 28.8 Å². The molecule has 0 saturated heterocycles. The van der Waals surface area contributed by atoms with Crippen molar-refractivity contribution < 1.29 is 18.4 Å². The third-order valence-corrected chi connectivity index (χ3v) is 4.27. The molecule has 0 aliphatic heterocycles. The number of furan rings is 1. The van der Waals surface area contributed by atoms with Gasteiger partial charge in [0, 0.05) is 35.2 Å². The summed E-state index contributed by atoms with van der Waals surface area (Å²) in [5, 5.41) is 3.44. The van der Waals surface area contributed by atoms with Gasteiger partial charge in [-0.3, -0.25) is 5.32 Å². The van der Waals surface area contributed by atoms with Gasteiger partial charge in [-0.25, -0.2) is 9.59 Å². The van der Waals surface area contributed by atoms with Gasteiger partial charge in [0.15, 0.2) is 6.61 Å². The van der Waals surface area contributed by atoms with Crippen molar-refractivity contribution in [2.45, 2.75) is 26.4 Å². The largest absolute Gasteiger partial charge is 0.462 e. The summed E-state index contributed by atoms with van der Waals surface area (Å²) in [6.07, 6.45) is 5.31. The first-order valence-electron chi connectivity index (χ1n) is 8.35. The number of hydrogen-bond donors (Lipinski definition) is 1. The predicted molar refractivity (Wildman–Crippen MR) is 97.1 cm³/mol. The van der Waals surface area contributed by atoms with Gasteiger partial charge in [-0.1, -0.05) is 12.2 Å².